The first-order valence-corrected chi connectivity index (χ1v) is 6.81. The molecule has 19 heavy (non-hydrogen) atoms. The van der Waals surface area contributed by atoms with Crippen LogP contribution in [0.15, 0.2) is 23.1 Å². The molecule has 0 amide bonds. The Balaban J connectivity index is 3.32. The van der Waals surface area contributed by atoms with Gasteiger partial charge in [0.05, 0.1) is 24.2 Å². The van der Waals surface area contributed by atoms with Crippen LogP contribution in [0.25, 0.3) is 0 Å². The minimum Gasteiger partial charge on any atom is -0.465 e. The van der Waals surface area contributed by atoms with Gasteiger partial charge in [-0.15, -0.1) is 0 Å². The number of aliphatic hydroxyl groups excluding tert-OH is 1. The van der Waals surface area contributed by atoms with Crippen molar-refractivity contribution in [3.8, 4) is 0 Å². The van der Waals surface area contributed by atoms with E-state index in [-0.39, 0.29) is 5.56 Å². The summed E-state index contributed by atoms with van der Waals surface area (Å²) >= 11 is 0. The summed E-state index contributed by atoms with van der Waals surface area (Å²) in [6.07, 6.45) is 0. The second-order valence-electron chi connectivity index (χ2n) is 3.84. The van der Waals surface area contributed by atoms with Gasteiger partial charge in [0.1, 0.15) is 5.82 Å². The number of methoxy groups -OCH3 is 1. The van der Waals surface area contributed by atoms with Crippen molar-refractivity contribution in [1.82, 2.24) is 4.72 Å². The third kappa shape index (κ3) is 3.72. The molecule has 106 valence electrons. The van der Waals surface area contributed by atoms with Crippen LogP contribution in [0.3, 0.4) is 0 Å². The fourth-order valence-corrected chi connectivity index (χ4v) is 2.80. The molecule has 0 radical (unpaired) electrons. The summed E-state index contributed by atoms with van der Waals surface area (Å²) in [6.45, 7) is 0.997. The number of hydrogen-bond acceptors (Lipinski definition) is 5. The van der Waals surface area contributed by atoms with Crippen LogP contribution in [0.5, 0.6) is 0 Å². The van der Waals surface area contributed by atoms with Crippen molar-refractivity contribution in [3.05, 3.63) is 29.6 Å². The first-order chi connectivity index (χ1) is 8.81. The average Bonchev–Trinajstić information content (AvgIpc) is 2.37. The summed E-state index contributed by atoms with van der Waals surface area (Å²) in [4.78, 5) is 10.9. The number of halogens is 1. The Morgan fingerprint density at radius 1 is 1.53 bits per heavy atom. The van der Waals surface area contributed by atoms with E-state index >= 15 is 0 Å². The normalized spacial score (nSPS) is 13.1. The number of nitrogens with one attached hydrogen (secondary N) is 1. The van der Waals surface area contributed by atoms with Gasteiger partial charge in [0.2, 0.25) is 10.0 Å². The molecule has 0 saturated heterocycles. The first-order valence-electron chi connectivity index (χ1n) is 5.33. The molecule has 0 aromatic heterocycles. The van der Waals surface area contributed by atoms with Crippen LogP contribution in [0.1, 0.15) is 17.3 Å². The van der Waals surface area contributed by atoms with Gasteiger partial charge in [-0.2, -0.15) is 0 Å². The van der Waals surface area contributed by atoms with Gasteiger partial charge in [-0.25, -0.2) is 22.3 Å². The highest BCUT2D eigenvalue weighted by atomic mass is 32.2. The van der Waals surface area contributed by atoms with Gasteiger partial charge in [0.25, 0.3) is 0 Å². The van der Waals surface area contributed by atoms with Crippen molar-refractivity contribution in [2.45, 2.75) is 17.9 Å². The van der Waals surface area contributed by atoms with Crippen molar-refractivity contribution in [2.75, 3.05) is 13.7 Å². The van der Waals surface area contributed by atoms with E-state index in [1.54, 1.807) is 0 Å². The smallest absolute Gasteiger partial charge is 0.339 e. The fraction of sp³-hybridized carbons (Fsp3) is 0.364. The molecule has 0 bridgehead atoms. The van der Waals surface area contributed by atoms with Crippen LogP contribution in [0.4, 0.5) is 4.39 Å². The van der Waals surface area contributed by atoms with E-state index in [1.807, 2.05) is 0 Å². The van der Waals surface area contributed by atoms with E-state index in [9.17, 15) is 17.6 Å². The average molecular weight is 291 g/mol. The monoisotopic (exact) mass is 291 g/mol. The number of carbonyl (C=O) groups is 1. The fourth-order valence-electron chi connectivity index (χ4n) is 1.36. The minimum atomic E-state index is -4.13. The van der Waals surface area contributed by atoms with Crippen LogP contribution in [0, 0.1) is 5.82 Å². The molecule has 0 heterocycles. The summed E-state index contributed by atoms with van der Waals surface area (Å²) in [7, 11) is -3.04. The summed E-state index contributed by atoms with van der Waals surface area (Å²) in [5, 5.41) is 8.83. The Morgan fingerprint density at radius 3 is 2.68 bits per heavy atom. The predicted molar refractivity (Wildman–Crippen MR) is 64.6 cm³/mol. The van der Waals surface area contributed by atoms with E-state index in [0.29, 0.717) is 0 Å². The molecule has 0 aliphatic carbocycles. The Morgan fingerprint density at radius 2 is 2.16 bits per heavy atom. The number of ether oxygens (including phenoxy) is 1. The van der Waals surface area contributed by atoms with Gasteiger partial charge < -0.3 is 9.84 Å². The number of hydrogen-bond donors (Lipinski definition) is 2. The van der Waals surface area contributed by atoms with Crippen molar-refractivity contribution in [1.29, 1.82) is 0 Å². The standard InChI is InChI=1S/C11H14FNO5S/c1-7(6-14)13-19(16,17)10-5-8(12)3-4-9(10)11(15)18-2/h3-5,7,13-14H,6H2,1-2H3/t7-/m1/s1. The molecule has 0 saturated carbocycles. The zero-order valence-corrected chi connectivity index (χ0v) is 11.2. The highest BCUT2D eigenvalue weighted by Crippen LogP contribution is 2.18. The second-order valence-corrected chi connectivity index (χ2v) is 5.52. The maximum absolute atomic E-state index is 13.2. The van der Waals surface area contributed by atoms with Crippen LogP contribution < -0.4 is 4.72 Å². The third-order valence-electron chi connectivity index (χ3n) is 2.27. The maximum atomic E-state index is 13.2. The summed E-state index contributed by atoms with van der Waals surface area (Å²) in [5.74, 6) is -1.69. The van der Waals surface area contributed by atoms with E-state index in [1.165, 1.54) is 6.92 Å². The first kappa shape index (κ1) is 15.5. The molecule has 0 aliphatic rings. The Labute approximate surface area is 110 Å². The summed E-state index contributed by atoms with van der Waals surface area (Å²) in [5.41, 5.74) is -0.276. The molecule has 0 unspecified atom stereocenters. The molecule has 1 aromatic carbocycles. The van der Waals surface area contributed by atoms with Crippen LogP contribution in [0.2, 0.25) is 0 Å². The van der Waals surface area contributed by atoms with E-state index in [0.717, 1.165) is 25.3 Å². The summed E-state index contributed by atoms with van der Waals surface area (Å²) < 4.78 is 43.7. The van der Waals surface area contributed by atoms with Gasteiger partial charge in [0, 0.05) is 6.04 Å². The predicted octanol–water partition coefficient (Wildman–Crippen LogP) is 0.271. The number of aliphatic hydroxyl groups is 1. The van der Waals surface area contributed by atoms with Gasteiger partial charge in [-0.1, -0.05) is 0 Å². The zero-order chi connectivity index (χ0) is 14.6. The maximum Gasteiger partial charge on any atom is 0.339 e. The molecular formula is C11H14FNO5S. The van der Waals surface area contributed by atoms with Gasteiger partial charge in [-0.3, -0.25) is 0 Å². The van der Waals surface area contributed by atoms with Crippen molar-refractivity contribution in [3.63, 3.8) is 0 Å². The zero-order valence-electron chi connectivity index (χ0n) is 10.4. The van der Waals surface area contributed by atoms with Gasteiger partial charge >= 0.3 is 5.97 Å². The lowest BCUT2D eigenvalue weighted by molar-refractivity contribution is 0.0596. The quantitative estimate of drug-likeness (QED) is 0.760. The molecule has 1 aromatic rings. The van der Waals surface area contributed by atoms with E-state index in [2.05, 4.69) is 9.46 Å². The van der Waals surface area contributed by atoms with Crippen LogP contribution >= 0.6 is 0 Å². The van der Waals surface area contributed by atoms with Gasteiger partial charge in [-0.05, 0) is 25.1 Å². The minimum absolute atomic E-state index is 0.276. The second kappa shape index (κ2) is 6.09. The topological polar surface area (TPSA) is 92.7 Å². The Bertz CT molecular complexity index is 572. The molecule has 0 spiro atoms. The highest BCUT2D eigenvalue weighted by molar-refractivity contribution is 7.89. The number of sulfonamides is 1. The SMILES string of the molecule is COC(=O)c1ccc(F)cc1S(=O)(=O)N[C@H](C)CO. The molecule has 6 nitrogen and oxygen atoms in total. The molecule has 8 heteroatoms. The highest BCUT2D eigenvalue weighted by Gasteiger charge is 2.25. The Kier molecular flexibility index (Phi) is 4.98. The molecule has 1 rings (SSSR count). The van der Waals surface area contributed by atoms with Crippen molar-refractivity contribution >= 4 is 16.0 Å². The largest absolute Gasteiger partial charge is 0.465 e. The number of rotatable bonds is 5. The van der Waals surface area contributed by atoms with Crippen LogP contribution in [-0.2, 0) is 14.8 Å². The van der Waals surface area contributed by atoms with Crippen molar-refractivity contribution < 1.29 is 27.4 Å². The molecule has 0 fully saturated rings. The summed E-state index contributed by atoms with van der Waals surface area (Å²) in [6, 6.07) is 1.94. The number of esters is 1. The lowest BCUT2D eigenvalue weighted by Gasteiger charge is -2.13. The lowest BCUT2D eigenvalue weighted by atomic mass is 10.2. The molecule has 0 aliphatic heterocycles. The van der Waals surface area contributed by atoms with E-state index in [4.69, 9.17) is 5.11 Å². The number of benzene rings is 1. The van der Waals surface area contributed by atoms with Gasteiger partial charge in [0.15, 0.2) is 0 Å². The number of carbonyl (C=O) groups excluding carboxylic acids is 1. The lowest BCUT2D eigenvalue weighted by Crippen LogP contribution is -2.35. The van der Waals surface area contributed by atoms with Crippen molar-refractivity contribution in [2.24, 2.45) is 0 Å². The van der Waals surface area contributed by atoms with E-state index < -0.39 is 39.4 Å². The molecule has 2 N–H and O–H groups in total. The third-order valence-corrected chi connectivity index (χ3v) is 3.90. The Hall–Kier alpha value is -1.51. The molecular weight excluding hydrogens is 277 g/mol. The van der Waals surface area contributed by atoms with Crippen LogP contribution in [-0.4, -0.2) is 39.3 Å². The molecule has 1 atom stereocenters.